The zero-order chi connectivity index (χ0) is 32.4. The van der Waals surface area contributed by atoms with Crippen LogP contribution in [0.1, 0.15) is 40.9 Å². The first-order valence-corrected chi connectivity index (χ1v) is 17.5. The number of amides is 2. The molecule has 0 radical (unpaired) electrons. The lowest BCUT2D eigenvalue weighted by atomic mass is 9.72. The number of sulfonamides is 1. The van der Waals surface area contributed by atoms with E-state index >= 15 is 0 Å². The van der Waals surface area contributed by atoms with Gasteiger partial charge in [-0.3, -0.25) is 9.59 Å². The van der Waals surface area contributed by atoms with Gasteiger partial charge in [-0.25, -0.2) is 13.1 Å². The molecule has 2 amide bonds. The SMILES string of the molecule is CS(=O)(=O)NCCCc1c(C(=O)N2CCC(C(N)=O)(c3ccccc3)CC2)cc(-c2ccc(Cl)cc2Cl)n1-c1ccc(Cl)cc1. The number of likely N-dealkylation sites (tertiary alicyclic amines) is 1. The number of aromatic nitrogens is 1. The molecule has 1 aromatic heterocycles. The van der Waals surface area contributed by atoms with Crippen LogP contribution in [0.25, 0.3) is 16.9 Å². The smallest absolute Gasteiger partial charge is 0.255 e. The second-order valence-electron chi connectivity index (χ2n) is 11.2. The van der Waals surface area contributed by atoms with E-state index in [4.69, 9.17) is 40.5 Å². The number of nitrogens with zero attached hydrogens (tertiary/aromatic N) is 2. The van der Waals surface area contributed by atoms with Crippen molar-refractivity contribution < 1.29 is 18.0 Å². The highest BCUT2D eigenvalue weighted by molar-refractivity contribution is 7.88. The van der Waals surface area contributed by atoms with Gasteiger partial charge in [-0.1, -0.05) is 65.1 Å². The van der Waals surface area contributed by atoms with Gasteiger partial charge in [0.2, 0.25) is 15.9 Å². The van der Waals surface area contributed by atoms with Gasteiger partial charge < -0.3 is 15.2 Å². The third kappa shape index (κ3) is 7.23. The molecule has 5 rings (SSSR count). The highest BCUT2D eigenvalue weighted by Gasteiger charge is 2.43. The molecule has 3 aromatic carbocycles. The van der Waals surface area contributed by atoms with Crippen LogP contribution in [0.15, 0.2) is 78.9 Å². The molecule has 0 unspecified atom stereocenters. The summed E-state index contributed by atoms with van der Waals surface area (Å²) in [5.74, 6) is -0.611. The molecule has 8 nitrogen and oxygen atoms in total. The largest absolute Gasteiger partial charge is 0.369 e. The van der Waals surface area contributed by atoms with E-state index in [1.54, 1.807) is 35.2 Å². The van der Waals surface area contributed by atoms with Crippen LogP contribution < -0.4 is 10.5 Å². The number of carbonyl (C=O) groups is 2. The fourth-order valence-corrected chi connectivity index (χ4v) is 7.12. The molecule has 1 aliphatic heterocycles. The number of benzene rings is 3. The van der Waals surface area contributed by atoms with Crippen molar-refractivity contribution >= 4 is 56.6 Å². The van der Waals surface area contributed by atoms with Crippen LogP contribution in [0, 0.1) is 0 Å². The van der Waals surface area contributed by atoms with Gasteiger partial charge in [0.05, 0.1) is 28.0 Å². The number of halogens is 3. The molecule has 0 spiro atoms. The van der Waals surface area contributed by atoms with E-state index in [9.17, 15) is 18.0 Å². The van der Waals surface area contributed by atoms with E-state index < -0.39 is 21.3 Å². The fraction of sp³-hybridized carbons (Fsp3) is 0.273. The third-order valence-corrected chi connectivity index (χ3v) is 9.81. The van der Waals surface area contributed by atoms with Crippen molar-refractivity contribution in [3.8, 4) is 16.9 Å². The van der Waals surface area contributed by atoms with Crippen molar-refractivity contribution in [2.24, 2.45) is 5.73 Å². The molecule has 1 fully saturated rings. The van der Waals surface area contributed by atoms with Crippen LogP contribution in [0.2, 0.25) is 15.1 Å². The minimum Gasteiger partial charge on any atom is -0.369 e. The van der Waals surface area contributed by atoms with Crippen LogP contribution in [0.3, 0.4) is 0 Å². The Labute approximate surface area is 278 Å². The molecule has 4 aromatic rings. The Morgan fingerprint density at radius 1 is 0.911 bits per heavy atom. The van der Waals surface area contributed by atoms with Gasteiger partial charge in [-0.05, 0) is 79.8 Å². The second kappa shape index (κ2) is 13.6. The van der Waals surface area contributed by atoms with Gasteiger partial charge in [0.15, 0.2) is 0 Å². The highest BCUT2D eigenvalue weighted by atomic mass is 35.5. The predicted octanol–water partition coefficient (Wildman–Crippen LogP) is 6.25. The number of primary amides is 1. The molecule has 0 aliphatic carbocycles. The number of carbonyl (C=O) groups excluding carboxylic acids is 2. The average Bonchev–Trinajstić information content (AvgIpc) is 3.38. The Balaban J connectivity index is 1.57. The number of piperidine rings is 1. The average molecular weight is 688 g/mol. The maximum absolute atomic E-state index is 14.4. The molecular formula is C33H33Cl3N4O4S. The molecule has 45 heavy (non-hydrogen) atoms. The zero-order valence-corrected chi connectivity index (χ0v) is 27.7. The van der Waals surface area contributed by atoms with Gasteiger partial charge in [-0.15, -0.1) is 0 Å². The van der Waals surface area contributed by atoms with Gasteiger partial charge in [0.1, 0.15) is 0 Å². The summed E-state index contributed by atoms with van der Waals surface area (Å²) in [6, 6.07) is 23.7. The number of rotatable bonds is 10. The Morgan fingerprint density at radius 3 is 2.16 bits per heavy atom. The summed E-state index contributed by atoms with van der Waals surface area (Å²) in [5, 5.41) is 1.44. The lowest BCUT2D eigenvalue weighted by Gasteiger charge is -2.40. The summed E-state index contributed by atoms with van der Waals surface area (Å²) < 4.78 is 28.0. The predicted molar refractivity (Wildman–Crippen MR) is 180 cm³/mol. The van der Waals surface area contributed by atoms with Gasteiger partial charge in [-0.2, -0.15) is 0 Å². The van der Waals surface area contributed by atoms with Crippen LogP contribution in [0.4, 0.5) is 0 Å². The standard InChI is InChI=1S/C33H33Cl3N4O4S/c1-45(43,44)38-17-5-8-29-27(31(41)39-18-15-33(16-19-39,32(37)42)22-6-3-2-4-7-22)21-30(26-14-11-24(35)20-28(26)36)40(29)25-12-9-23(34)10-13-25/h2-4,6-7,9-14,20-21,38H,5,8,15-19H2,1H3,(H2,37,42). The molecule has 0 atom stereocenters. The lowest BCUT2D eigenvalue weighted by Crippen LogP contribution is -2.51. The Hall–Kier alpha value is -3.34. The molecule has 236 valence electrons. The van der Waals surface area contributed by atoms with Crippen LogP contribution >= 0.6 is 34.8 Å². The Kier molecular flexibility index (Phi) is 9.96. The first-order chi connectivity index (χ1) is 21.4. The van der Waals surface area contributed by atoms with E-state index in [0.29, 0.717) is 76.4 Å². The summed E-state index contributed by atoms with van der Waals surface area (Å²) in [4.78, 5) is 28.9. The molecule has 1 saturated heterocycles. The fourth-order valence-electron chi connectivity index (χ4n) is 5.97. The molecule has 2 heterocycles. The van der Waals surface area contributed by atoms with Crippen molar-refractivity contribution in [1.29, 1.82) is 0 Å². The quantitative estimate of drug-likeness (QED) is 0.192. The van der Waals surface area contributed by atoms with Crippen molar-refractivity contribution in [1.82, 2.24) is 14.2 Å². The monoisotopic (exact) mass is 686 g/mol. The molecular weight excluding hydrogens is 655 g/mol. The Bertz CT molecular complexity index is 1820. The van der Waals surface area contributed by atoms with Crippen molar-refractivity contribution in [3.05, 3.63) is 111 Å². The van der Waals surface area contributed by atoms with E-state index in [0.717, 1.165) is 17.5 Å². The Morgan fingerprint density at radius 2 is 1.56 bits per heavy atom. The van der Waals surface area contributed by atoms with Gasteiger partial charge >= 0.3 is 0 Å². The normalized spacial score (nSPS) is 14.8. The third-order valence-electron chi connectivity index (χ3n) is 8.28. The highest BCUT2D eigenvalue weighted by Crippen LogP contribution is 2.39. The first kappa shape index (κ1) is 33.0. The number of nitrogens with one attached hydrogen (secondary N) is 1. The first-order valence-electron chi connectivity index (χ1n) is 14.4. The second-order valence-corrected chi connectivity index (χ2v) is 14.3. The minimum atomic E-state index is -3.39. The van der Waals surface area contributed by atoms with Gasteiger partial charge in [0.25, 0.3) is 5.91 Å². The summed E-state index contributed by atoms with van der Waals surface area (Å²) in [6.45, 7) is 0.848. The maximum Gasteiger partial charge on any atom is 0.255 e. The van der Waals surface area contributed by atoms with Gasteiger partial charge in [0, 0.05) is 46.6 Å². The van der Waals surface area contributed by atoms with Crippen molar-refractivity contribution in [2.75, 3.05) is 25.9 Å². The van der Waals surface area contributed by atoms with E-state index in [-0.39, 0.29) is 12.5 Å². The summed E-state index contributed by atoms with van der Waals surface area (Å²) in [5.41, 5.74) is 9.16. The van der Waals surface area contributed by atoms with Crippen LogP contribution in [0.5, 0.6) is 0 Å². The van der Waals surface area contributed by atoms with E-state index in [2.05, 4.69) is 4.72 Å². The van der Waals surface area contributed by atoms with Crippen molar-refractivity contribution in [2.45, 2.75) is 31.1 Å². The van der Waals surface area contributed by atoms with Crippen molar-refractivity contribution in [3.63, 3.8) is 0 Å². The van der Waals surface area contributed by atoms with E-state index in [1.165, 1.54) is 0 Å². The maximum atomic E-state index is 14.4. The minimum absolute atomic E-state index is 0.192. The zero-order valence-electron chi connectivity index (χ0n) is 24.6. The molecule has 3 N–H and O–H groups in total. The topological polar surface area (TPSA) is 114 Å². The molecule has 1 aliphatic rings. The lowest BCUT2D eigenvalue weighted by molar-refractivity contribution is -0.125. The molecule has 0 bridgehead atoms. The number of hydrogen-bond donors (Lipinski definition) is 2. The molecule has 12 heteroatoms. The van der Waals surface area contributed by atoms with Crippen LogP contribution in [-0.4, -0.2) is 55.6 Å². The van der Waals surface area contributed by atoms with Crippen LogP contribution in [-0.2, 0) is 26.7 Å². The number of hydrogen-bond acceptors (Lipinski definition) is 4. The molecule has 0 saturated carbocycles. The van der Waals surface area contributed by atoms with E-state index in [1.807, 2.05) is 53.1 Å². The summed E-state index contributed by atoms with van der Waals surface area (Å²) in [7, 11) is -3.39. The summed E-state index contributed by atoms with van der Waals surface area (Å²) >= 11 is 19.1. The number of nitrogens with two attached hydrogens (primary N) is 1. The summed E-state index contributed by atoms with van der Waals surface area (Å²) in [6.07, 6.45) is 2.69.